The molecular weight excluding hydrogens is 376 g/mol. The van der Waals surface area contributed by atoms with Gasteiger partial charge in [0.15, 0.2) is 0 Å². The van der Waals surface area contributed by atoms with Gasteiger partial charge in [0.1, 0.15) is 5.25 Å². The number of aromatic nitrogens is 4. The van der Waals surface area contributed by atoms with Crippen LogP contribution in [0.3, 0.4) is 0 Å². The third-order valence-corrected chi connectivity index (χ3v) is 5.25. The van der Waals surface area contributed by atoms with Crippen molar-refractivity contribution in [2.75, 3.05) is 7.05 Å². The Bertz CT molecular complexity index is 989. The summed E-state index contributed by atoms with van der Waals surface area (Å²) in [4.78, 5) is 24.4. The predicted octanol–water partition coefficient (Wildman–Crippen LogP) is 2.57. The van der Waals surface area contributed by atoms with Crippen molar-refractivity contribution in [1.29, 1.82) is 0 Å². The van der Waals surface area contributed by atoms with Crippen molar-refractivity contribution in [3.05, 3.63) is 65.2 Å². The van der Waals surface area contributed by atoms with E-state index in [1.165, 1.54) is 18.8 Å². The zero-order chi connectivity index (χ0) is 20.1. The minimum absolute atomic E-state index is 0.453. The normalized spacial score (nSPS) is 11.7. The number of nitrogens with one attached hydrogen (secondary N) is 2. The van der Waals surface area contributed by atoms with Crippen molar-refractivity contribution < 1.29 is 9.59 Å². The molecule has 2 aromatic carbocycles. The standard InChI is InChI=1S/C19H20N6O2S/c1-12-9-10-13(2)15(11-12)25-19(22-23-24-25)28-16(14-7-5-4-6-8-14)17(26)21-18(27)20-3/h4-11,16H,1-3H3,(H2,20,21,26,27). The highest BCUT2D eigenvalue weighted by Crippen LogP contribution is 2.35. The van der Waals surface area contributed by atoms with Crippen LogP contribution in [0.1, 0.15) is 21.9 Å². The number of aryl methyl sites for hydroxylation is 2. The van der Waals surface area contributed by atoms with Gasteiger partial charge in [0.05, 0.1) is 5.69 Å². The van der Waals surface area contributed by atoms with Gasteiger partial charge in [-0.25, -0.2) is 4.79 Å². The maximum Gasteiger partial charge on any atom is 0.321 e. The van der Waals surface area contributed by atoms with E-state index in [4.69, 9.17) is 0 Å². The second-order valence-corrected chi connectivity index (χ2v) is 7.21. The molecule has 0 fully saturated rings. The van der Waals surface area contributed by atoms with Crippen LogP contribution in [-0.2, 0) is 4.79 Å². The molecule has 3 rings (SSSR count). The van der Waals surface area contributed by atoms with Gasteiger partial charge in [0.25, 0.3) is 0 Å². The van der Waals surface area contributed by atoms with Crippen LogP contribution in [0.25, 0.3) is 5.69 Å². The first kappa shape index (κ1) is 19.6. The summed E-state index contributed by atoms with van der Waals surface area (Å²) in [6.07, 6.45) is 0. The van der Waals surface area contributed by atoms with Gasteiger partial charge < -0.3 is 5.32 Å². The van der Waals surface area contributed by atoms with Gasteiger partial charge in [-0.15, -0.1) is 5.10 Å². The molecule has 1 aromatic heterocycles. The molecule has 2 N–H and O–H groups in total. The number of thioether (sulfide) groups is 1. The van der Waals surface area contributed by atoms with Crippen LogP contribution in [-0.4, -0.2) is 39.2 Å². The molecule has 1 unspecified atom stereocenters. The molecule has 0 saturated carbocycles. The zero-order valence-corrected chi connectivity index (χ0v) is 16.5. The van der Waals surface area contributed by atoms with E-state index in [0.29, 0.717) is 5.16 Å². The third kappa shape index (κ3) is 4.37. The molecule has 28 heavy (non-hydrogen) atoms. The molecule has 0 aliphatic heterocycles. The van der Waals surface area contributed by atoms with Gasteiger partial charge in [-0.2, -0.15) is 4.68 Å². The Labute approximate surface area is 166 Å². The fraction of sp³-hybridized carbons (Fsp3) is 0.211. The van der Waals surface area contributed by atoms with Crippen molar-refractivity contribution in [3.63, 3.8) is 0 Å². The molecule has 0 saturated heterocycles. The first-order valence-corrected chi connectivity index (χ1v) is 9.47. The molecule has 9 heteroatoms. The van der Waals surface area contributed by atoms with E-state index in [-0.39, 0.29) is 0 Å². The van der Waals surface area contributed by atoms with Gasteiger partial charge in [0, 0.05) is 7.05 Å². The second kappa shape index (κ2) is 8.66. The van der Waals surface area contributed by atoms with E-state index < -0.39 is 17.2 Å². The number of imide groups is 1. The van der Waals surface area contributed by atoms with Crippen LogP contribution in [0.2, 0.25) is 0 Å². The van der Waals surface area contributed by atoms with E-state index in [2.05, 4.69) is 26.2 Å². The van der Waals surface area contributed by atoms with Crippen LogP contribution in [0.15, 0.2) is 53.7 Å². The van der Waals surface area contributed by atoms with Crippen molar-refractivity contribution >= 4 is 23.7 Å². The molecule has 1 atom stereocenters. The third-order valence-electron chi connectivity index (χ3n) is 4.06. The van der Waals surface area contributed by atoms with Crippen LogP contribution in [0.4, 0.5) is 4.79 Å². The Balaban J connectivity index is 1.96. The number of nitrogens with zero attached hydrogens (tertiary/aromatic N) is 4. The minimum atomic E-state index is -0.701. The Morgan fingerprint density at radius 1 is 1.11 bits per heavy atom. The quantitative estimate of drug-likeness (QED) is 0.643. The summed E-state index contributed by atoms with van der Waals surface area (Å²) in [6, 6.07) is 14.6. The molecule has 0 aliphatic carbocycles. The monoisotopic (exact) mass is 396 g/mol. The molecule has 144 valence electrons. The van der Waals surface area contributed by atoms with E-state index >= 15 is 0 Å². The van der Waals surface area contributed by atoms with Crippen molar-refractivity contribution in [2.45, 2.75) is 24.3 Å². The molecule has 1 heterocycles. The lowest BCUT2D eigenvalue weighted by atomic mass is 10.1. The summed E-state index contributed by atoms with van der Waals surface area (Å²) in [7, 11) is 1.45. The Morgan fingerprint density at radius 2 is 1.86 bits per heavy atom. The topological polar surface area (TPSA) is 102 Å². The van der Waals surface area contributed by atoms with E-state index in [0.717, 1.165) is 22.4 Å². The van der Waals surface area contributed by atoms with Crippen molar-refractivity contribution in [2.24, 2.45) is 0 Å². The summed E-state index contributed by atoms with van der Waals surface area (Å²) in [5.41, 5.74) is 3.66. The number of carbonyl (C=O) groups excluding carboxylic acids is 2. The number of urea groups is 1. The van der Waals surface area contributed by atoms with Gasteiger partial charge in [-0.1, -0.05) is 54.2 Å². The van der Waals surface area contributed by atoms with Crippen molar-refractivity contribution in [1.82, 2.24) is 30.8 Å². The summed E-state index contributed by atoms with van der Waals surface area (Å²) in [5, 5.41) is 16.4. The van der Waals surface area contributed by atoms with Crippen LogP contribution in [0, 0.1) is 13.8 Å². The van der Waals surface area contributed by atoms with Gasteiger partial charge in [-0.05, 0) is 47.0 Å². The maximum absolute atomic E-state index is 12.7. The highest BCUT2D eigenvalue weighted by molar-refractivity contribution is 8.00. The Morgan fingerprint density at radius 3 is 2.57 bits per heavy atom. The van der Waals surface area contributed by atoms with E-state index in [9.17, 15) is 9.59 Å². The molecule has 0 bridgehead atoms. The fourth-order valence-electron chi connectivity index (χ4n) is 2.60. The van der Waals surface area contributed by atoms with Gasteiger partial charge in [0.2, 0.25) is 11.1 Å². The molecule has 3 amide bonds. The number of rotatable bonds is 5. The van der Waals surface area contributed by atoms with E-state index in [1.54, 1.807) is 4.68 Å². The van der Waals surface area contributed by atoms with E-state index in [1.807, 2.05) is 62.4 Å². The number of tetrazole rings is 1. The smallest absolute Gasteiger partial charge is 0.321 e. The molecule has 0 radical (unpaired) electrons. The lowest BCUT2D eigenvalue weighted by Gasteiger charge is -2.16. The second-order valence-electron chi connectivity index (χ2n) is 6.14. The molecular formula is C19H20N6O2S. The average molecular weight is 396 g/mol. The molecule has 0 spiro atoms. The Kier molecular flexibility index (Phi) is 6.05. The number of carbonyl (C=O) groups is 2. The first-order chi connectivity index (χ1) is 13.5. The number of benzene rings is 2. The van der Waals surface area contributed by atoms with Crippen LogP contribution >= 0.6 is 11.8 Å². The summed E-state index contributed by atoms with van der Waals surface area (Å²) in [6.45, 7) is 3.96. The Hall–Kier alpha value is -3.20. The summed E-state index contributed by atoms with van der Waals surface area (Å²) < 4.78 is 1.61. The van der Waals surface area contributed by atoms with Gasteiger partial charge >= 0.3 is 6.03 Å². The van der Waals surface area contributed by atoms with Gasteiger partial charge in [-0.3, -0.25) is 10.1 Å². The fourth-order valence-corrected chi connectivity index (χ4v) is 3.59. The predicted molar refractivity (Wildman–Crippen MR) is 106 cm³/mol. The largest absolute Gasteiger partial charge is 0.341 e. The van der Waals surface area contributed by atoms with Crippen LogP contribution in [0.5, 0.6) is 0 Å². The van der Waals surface area contributed by atoms with Crippen LogP contribution < -0.4 is 10.6 Å². The first-order valence-electron chi connectivity index (χ1n) is 8.59. The zero-order valence-electron chi connectivity index (χ0n) is 15.7. The lowest BCUT2D eigenvalue weighted by molar-refractivity contribution is -0.119. The molecule has 8 nitrogen and oxygen atoms in total. The SMILES string of the molecule is CNC(=O)NC(=O)C(Sc1nnnn1-c1cc(C)ccc1C)c1ccccc1. The lowest BCUT2D eigenvalue weighted by Crippen LogP contribution is -2.39. The van der Waals surface area contributed by atoms with Crippen molar-refractivity contribution in [3.8, 4) is 5.69 Å². The highest BCUT2D eigenvalue weighted by atomic mass is 32.2. The molecule has 0 aliphatic rings. The summed E-state index contributed by atoms with van der Waals surface area (Å²) in [5.74, 6) is -0.453. The maximum atomic E-state index is 12.7. The number of hydrogen-bond acceptors (Lipinski definition) is 6. The highest BCUT2D eigenvalue weighted by Gasteiger charge is 2.26. The average Bonchev–Trinajstić information content (AvgIpc) is 3.16. The number of amides is 3. The number of hydrogen-bond donors (Lipinski definition) is 2. The summed E-state index contributed by atoms with van der Waals surface area (Å²) >= 11 is 1.18. The minimum Gasteiger partial charge on any atom is -0.341 e. The molecule has 3 aromatic rings.